The summed E-state index contributed by atoms with van der Waals surface area (Å²) >= 11 is 4.17. The topological polar surface area (TPSA) is 20.2 Å². The summed E-state index contributed by atoms with van der Waals surface area (Å²) in [6.45, 7) is 49.3. The molecule has 0 saturated heterocycles. The lowest BCUT2D eigenvalue weighted by molar-refractivity contribution is 0.138. The van der Waals surface area contributed by atoms with E-state index in [9.17, 15) is 5.11 Å². The minimum absolute atomic E-state index is 0.0374. The summed E-state index contributed by atoms with van der Waals surface area (Å²) in [5.74, 6) is 3.33. The van der Waals surface area contributed by atoms with E-state index in [-0.39, 0.29) is 44.5 Å². The molecule has 282 valence electrons. The SMILES string of the molecule is CCCSC(C(C)C)C(C)(C)CC(C)(C)CC(C)(C)c1cc(C(C)(C)C)cc(C(C)(C)CC(C)(C)CC(C)(C)C(SCCO)C(C)C)c1. The Hall–Kier alpha value is -0.120. The van der Waals surface area contributed by atoms with Crippen molar-refractivity contribution in [2.24, 2.45) is 33.5 Å². The third-order valence-electron chi connectivity index (χ3n) is 10.7. The summed E-state index contributed by atoms with van der Waals surface area (Å²) in [4.78, 5) is 0. The van der Waals surface area contributed by atoms with Crippen molar-refractivity contribution in [3.8, 4) is 0 Å². The molecule has 0 fully saturated rings. The first-order valence-corrected chi connectivity index (χ1v) is 21.5. The zero-order chi connectivity index (χ0) is 37.7. The second kappa shape index (κ2) is 17.1. The van der Waals surface area contributed by atoms with Crippen molar-refractivity contribution in [2.45, 2.75) is 197 Å². The quantitative estimate of drug-likeness (QED) is 0.146. The molecule has 0 radical (unpaired) electrons. The molecule has 0 aliphatic rings. The van der Waals surface area contributed by atoms with Gasteiger partial charge in [-0.15, -0.1) is 0 Å². The van der Waals surface area contributed by atoms with Crippen LogP contribution in [0.4, 0.5) is 0 Å². The van der Waals surface area contributed by atoms with E-state index < -0.39 is 0 Å². The maximum absolute atomic E-state index is 9.59. The third kappa shape index (κ3) is 13.8. The molecule has 0 aliphatic heterocycles. The van der Waals surface area contributed by atoms with Gasteiger partial charge in [0.1, 0.15) is 0 Å². The number of benzene rings is 1. The van der Waals surface area contributed by atoms with E-state index >= 15 is 0 Å². The van der Waals surface area contributed by atoms with Gasteiger partial charge in [-0.1, -0.05) is 157 Å². The smallest absolute Gasteiger partial charge is 0.0521 e. The van der Waals surface area contributed by atoms with E-state index in [4.69, 9.17) is 0 Å². The van der Waals surface area contributed by atoms with Crippen LogP contribution in [-0.2, 0) is 16.2 Å². The van der Waals surface area contributed by atoms with Crippen molar-refractivity contribution in [1.29, 1.82) is 0 Å². The van der Waals surface area contributed by atoms with E-state index in [1.165, 1.54) is 48.1 Å². The van der Waals surface area contributed by atoms with Gasteiger partial charge in [0, 0.05) is 16.3 Å². The van der Waals surface area contributed by atoms with E-state index in [0.29, 0.717) is 22.3 Å². The van der Waals surface area contributed by atoms with Gasteiger partial charge in [0.15, 0.2) is 0 Å². The van der Waals surface area contributed by atoms with Gasteiger partial charge in [0.2, 0.25) is 0 Å². The number of thioether (sulfide) groups is 2. The van der Waals surface area contributed by atoms with E-state index in [1.807, 2.05) is 11.8 Å². The second-order valence-electron chi connectivity index (χ2n) is 21.6. The van der Waals surface area contributed by atoms with E-state index in [2.05, 4.69) is 168 Å². The Morgan fingerprint density at radius 1 is 0.521 bits per heavy atom. The monoisotopic (exact) mass is 705 g/mol. The summed E-state index contributed by atoms with van der Waals surface area (Å²) < 4.78 is 0. The van der Waals surface area contributed by atoms with Crippen LogP contribution in [0.1, 0.15) is 187 Å². The first kappa shape index (κ1) is 45.9. The fraction of sp³-hybridized carbons (Fsp3) is 0.867. The second-order valence-corrected chi connectivity index (χ2v) is 24.1. The van der Waals surface area contributed by atoms with Crippen LogP contribution in [0.3, 0.4) is 0 Å². The molecule has 1 aromatic carbocycles. The molecule has 0 heterocycles. The first-order chi connectivity index (χ1) is 21.4. The van der Waals surface area contributed by atoms with Crippen LogP contribution < -0.4 is 0 Å². The molecule has 2 atom stereocenters. The van der Waals surface area contributed by atoms with Gasteiger partial charge in [-0.25, -0.2) is 0 Å². The van der Waals surface area contributed by atoms with Crippen molar-refractivity contribution in [1.82, 2.24) is 0 Å². The molecule has 1 N–H and O–H groups in total. The van der Waals surface area contributed by atoms with Gasteiger partial charge in [0.05, 0.1) is 6.61 Å². The zero-order valence-corrected chi connectivity index (χ0v) is 37.6. The number of rotatable bonds is 20. The van der Waals surface area contributed by atoms with Gasteiger partial charge in [-0.05, 0) is 104 Å². The highest BCUT2D eigenvalue weighted by Crippen LogP contribution is 2.51. The van der Waals surface area contributed by atoms with Crippen molar-refractivity contribution in [2.75, 3.05) is 18.1 Å². The molecule has 0 saturated carbocycles. The lowest BCUT2D eigenvalue weighted by atomic mass is 9.62. The van der Waals surface area contributed by atoms with Crippen molar-refractivity contribution < 1.29 is 5.11 Å². The molecule has 1 aromatic rings. The van der Waals surface area contributed by atoms with Crippen molar-refractivity contribution >= 4 is 23.5 Å². The fourth-order valence-electron chi connectivity index (χ4n) is 10.3. The Kier molecular flexibility index (Phi) is 16.4. The van der Waals surface area contributed by atoms with Gasteiger partial charge >= 0.3 is 0 Å². The molecule has 3 heteroatoms. The van der Waals surface area contributed by atoms with Gasteiger partial charge in [-0.3, -0.25) is 0 Å². The van der Waals surface area contributed by atoms with Gasteiger partial charge in [0.25, 0.3) is 0 Å². The maximum atomic E-state index is 9.59. The molecule has 0 amide bonds. The minimum atomic E-state index is 0.0374. The molecule has 48 heavy (non-hydrogen) atoms. The van der Waals surface area contributed by atoms with Gasteiger partial charge < -0.3 is 5.11 Å². The normalized spacial score (nSPS) is 15.8. The highest BCUT2D eigenvalue weighted by Gasteiger charge is 2.42. The van der Waals surface area contributed by atoms with E-state index in [0.717, 1.165) is 12.2 Å². The van der Waals surface area contributed by atoms with Crippen LogP contribution in [0, 0.1) is 33.5 Å². The Morgan fingerprint density at radius 2 is 0.854 bits per heavy atom. The van der Waals surface area contributed by atoms with Crippen molar-refractivity contribution in [3.05, 3.63) is 34.9 Å². The molecule has 0 aromatic heterocycles. The number of aliphatic hydroxyl groups is 1. The van der Waals surface area contributed by atoms with Gasteiger partial charge in [-0.2, -0.15) is 23.5 Å². The number of hydrogen-bond acceptors (Lipinski definition) is 3. The largest absolute Gasteiger partial charge is 0.396 e. The first-order valence-electron chi connectivity index (χ1n) is 19.4. The van der Waals surface area contributed by atoms with Crippen molar-refractivity contribution in [3.63, 3.8) is 0 Å². The molecule has 1 rings (SSSR count). The highest BCUT2D eigenvalue weighted by molar-refractivity contribution is 8.00. The lowest BCUT2D eigenvalue weighted by Crippen LogP contribution is -2.38. The lowest BCUT2D eigenvalue weighted by Gasteiger charge is -2.45. The van der Waals surface area contributed by atoms with E-state index in [1.54, 1.807) is 0 Å². The molecular formula is C45H84OS2. The standard InChI is InChI=1S/C45H84OS2/c1-21-23-47-37(32(2)3)44(17,18)30-40(9,10)28-42(13,14)35-25-34(39(6,7)8)26-36(27-35)43(15,16)29-41(11,12)31-45(19,20)38(33(4)5)48-24-22-46/h25-27,32-33,37-38,46H,21-24,28-31H2,1-20H3. The third-order valence-corrected chi connectivity index (χ3v) is 14.9. The molecule has 2 unspecified atom stereocenters. The molecule has 0 spiro atoms. The molecular weight excluding hydrogens is 621 g/mol. The molecule has 0 aliphatic carbocycles. The van der Waals surface area contributed by atoms with Crippen LogP contribution in [0.25, 0.3) is 0 Å². The molecule has 1 nitrogen and oxygen atoms in total. The van der Waals surface area contributed by atoms with Crippen LogP contribution in [-0.4, -0.2) is 33.7 Å². The Bertz CT molecular complexity index is 1030. The average molecular weight is 705 g/mol. The number of aliphatic hydroxyl groups excluding tert-OH is 1. The predicted molar refractivity (Wildman–Crippen MR) is 224 cm³/mol. The Balaban J connectivity index is 3.52. The maximum Gasteiger partial charge on any atom is 0.0521 e. The van der Waals surface area contributed by atoms with Crippen LogP contribution in [0.15, 0.2) is 18.2 Å². The van der Waals surface area contributed by atoms with Crippen LogP contribution in [0.2, 0.25) is 0 Å². The Morgan fingerprint density at radius 3 is 1.15 bits per heavy atom. The fourth-order valence-corrected chi connectivity index (χ4v) is 13.0. The summed E-state index contributed by atoms with van der Waals surface area (Å²) in [5, 5.41) is 10.8. The predicted octanol–water partition coefficient (Wildman–Crippen LogP) is 14.1. The van der Waals surface area contributed by atoms with Crippen LogP contribution in [0.5, 0.6) is 0 Å². The summed E-state index contributed by atoms with van der Waals surface area (Å²) in [7, 11) is 0. The highest BCUT2D eigenvalue weighted by atomic mass is 32.2. The minimum Gasteiger partial charge on any atom is -0.396 e. The number of hydrogen-bond donors (Lipinski definition) is 1. The summed E-state index contributed by atoms with van der Waals surface area (Å²) in [6.07, 6.45) is 5.96. The summed E-state index contributed by atoms with van der Waals surface area (Å²) in [5.41, 5.74) is 5.48. The zero-order valence-electron chi connectivity index (χ0n) is 36.0. The van der Waals surface area contributed by atoms with Crippen LogP contribution >= 0.6 is 23.5 Å². The molecule has 0 bridgehead atoms. The summed E-state index contributed by atoms with van der Waals surface area (Å²) in [6, 6.07) is 7.69. The Labute approximate surface area is 311 Å². The average Bonchev–Trinajstić information content (AvgIpc) is 2.84.